The molecular weight excluding hydrogens is 310 g/mol. The number of benzene rings is 1. The lowest BCUT2D eigenvalue weighted by Crippen LogP contribution is -2.47. The summed E-state index contributed by atoms with van der Waals surface area (Å²) in [6.45, 7) is 2.29. The summed E-state index contributed by atoms with van der Waals surface area (Å²) >= 11 is 0. The summed E-state index contributed by atoms with van der Waals surface area (Å²) < 4.78 is 10.5. The van der Waals surface area contributed by atoms with Crippen molar-refractivity contribution in [1.29, 1.82) is 0 Å². The van der Waals surface area contributed by atoms with Crippen molar-refractivity contribution >= 4 is 11.9 Å². The van der Waals surface area contributed by atoms with Crippen LogP contribution in [0.25, 0.3) is 0 Å². The molecule has 0 aromatic heterocycles. The van der Waals surface area contributed by atoms with E-state index in [-0.39, 0.29) is 11.9 Å². The predicted octanol–water partition coefficient (Wildman–Crippen LogP) is 2.35. The van der Waals surface area contributed by atoms with Crippen LogP contribution in [0.4, 0.5) is 0 Å². The highest BCUT2D eigenvalue weighted by atomic mass is 16.5. The summed E-state index contributed by atoms with van der Waals surface area (Å²) in [5.41, 5.74) is 0.987. The minimum atomic E-state index is -0.820. The fourth-order valence-electron chi connectivity index (χ4n) is 3.09. The first-order chi connectivity index (χ1) is 11.5. The van der Waals surface area contributed by atoms with Gasteiger partial charge in [-0.3, -0.25) is 9.59 Å². The molecule has 0 aliphatic carbocycles. The van der Waals surface area contributed by atoms with Crippen LogP contribution in [0.15, 0.2) is 18.2 Å². The third kappa shape index (κ3) is 4.19. The molecule has 6 heteroatoms. The Bertz CT molecular complexity index is 601. The normalized spacial score (nSPS) is 20.5. The van der Waals surface area contributed by atoms with Crippen molar-refractivity contribution < 1.29 is 24.2 Å². The standard InChI is InChI=1S/C18H25NO5/c1-12-4-7-14(18(21)22)11-19(12)17(20)9-6-13-5-8-15(23-2)16(10-13)24-3/h5,8,10,12,14H,4,6-7,9,11H2,1-3H3,(H,21,22). The van der Waals surface area contributed by atoms with Crippen LogP contribution in [0, 0.1) is 5.92 Å². The van der Waals surface area contributed by atoms with Crippen LogP contribution < -0.4 is 9.47 Å². The summed E-state index contributed by atoms with van der Waals surface area (Å²) in [7, 11) is 3.16. The second kappa shape index (κ2) is 8.04. The summed E-state index contributed by atoms with van der Waals surface area (Å²) in [6, 6.07) is 5.70. The topological polar surface area (TPSA) is 76.1 Å². The molecule has 1 amide bonds. The first-order valence-electron chi connectivity index (χ1n) is 8.19. The highest BCUT2D eigenvalue weighted by Gasteiger charge is 2.32. The van der Waals surface area contributed by atoms with Crippen molar-refractivity contribution in [3.63, 3.8) is 0 Å². The van der Waals surface area contributed by atoms with Crippen molar-refractivity contribution in [2.24, 2.45) is 5.92 Å². The van der Waals surface area contributed by atoms with E-state index in [4.69, 9.17) is 9.47 Å². The number of carboxylic acid groups (broad SMARTS) is 1. The quantitative estimate of drug-likeness (QED) is 0.863. The maximum Gasteiger partial charge on any atom is 0.308 e. The van der Waals surface area contributed by atoms with Crippen LogP contribution in [0.3, 0.4) is 0 Å². The van der Waals surface area contributed by atoms with E-state index in [1.54, 1.807) is 19.1 Å². The van der Waals surface area contributed by atoms with Crippen molar-refractivity contribution in [2.45, 2.75) is 38.6 Å². The number of aliphatic carboxylic acids is 1. The van der Waals surface area contributed by atoms with Gasteiger partial charge in [-0.2, -0.15) is 0 Å². The zero-order valence-corrected chi connectivity index (χ0v) is 14.4. The Labute approximate surface area is 142 Å². The number of piperidine rings is 1. The molecule has 1 N–H and O–H groups in total. The minimum Gasteiger partial charge on any atom is -0.493 e. The van der Waals surface area contributed by atoms with Gasteiger partial charge in [0, 0.05) is 19.0 Å². The number of carboxylic acids is 1. The lowest BCUT2D eigenvalue weighted by Gasteiger charge is -2.36. The zero-order valence-electron chi connectivity index (χ0n) is 14.4. The average molecular weight is 335 g/mol. The fourth-order valence-corrected chi connectivity index (χ4v) is 3.09. The molecule has 132 valence electrons. The van der Waals surface area contributed by atoms with Crippen LogP contribution in [0.5, 0.6) is 11.5 Å². The molecule has 1 aliphatic heterocycles. The maximum absolute atomic E-state index is 12.5. The number of amides is 1. The molecule has 1 heterocycles. The second-order valence-electron chi connectivity index (χ2n) is 6.20. The van der Waals surface area contributed by atoms with Gasteiger partial charge in [-0.15, -0.1) is 0 Å². The molecule has 1 aromatic carbocycles. The van der Waals surface area contributed by atoms with Crippen LogP contribution in [0.1, 0.15) is 31.7 Å². The molecule has 0 radical (unpaired) electrons. The van der Waals surface area contributed by atoms with E-state index in [2.05, 4.69) is 0 Å². The molecule has 1 aromatic rings. The number of likely N-dealkylation sites (tertiary alicyclic amines) is 1. The number of carbonyl (C=O) groups excluding carboxylic acids is 1. The van der Waals surface area contributed by atoms with E-state index < -0.39 is 11.9 Å². The van der Waals surface area contributed by atoms with E-state index >= 15 is 0 Å². The lowest BCUT2D eigenvalue weighted by atomic mass is 9.93. The van der Waals surface area contributed by atoms with E-state index in [0.29, 0.717) is 37.3 Å². The van der Waals surface area contributed by atoms with Crippen molar-refractivity contribution in [3.05, 3.63) is 23.8 Å². The molecule has 1 fully saturated rings. The molecule has 2 rings (SSSR count). The van der Waals surface area contributed by atoms with Crippen LogP contribution in [-0.2, 0) is 16.0 Å². The largest absolute Gasteiger partial charge is 0.493 e. The van der Waals surface area contributed by atoms with E-state index in [0.717, 1.165) is 12.0 Å². The molecule has 24 heavy (non-hydrogen) atoms. The smallest absolute Gasteiger partial charge is 0.308 e. The molecule has 0 bridgehead atoms. The first-order valence-corrected chi connectivity index (χ1v) is 8.19. The van der Waals surface area contributed by atoms with E-state index in [1.165, 1.54) is 0 Å². The molecular formula is C18H25NO5. The number of aryl methyl sites for hydroxylation is 1. The molecule has 0 spiro atoms. The Hall–Kier alpha value is -2.24. The molecule has 1 aliphatic rings. The van der Waals surface area contributed by atoms with E-state index in [1.807, 2.05) is 25.1 Å². The Morgan fingerprint density at radius 2 is 1.92 bits per heavy atom. The van der Waals surface area contributed by atoms with Crippen molar-refractivity contribution in [3.8, 4) is 11.5 Å². The lowest BCUT2D eigenvalue weighted by molar-refractivity contribution is -0.147. The maximum atomic E-state index is 12.5. The number of ether oxygens (including phenoxy) is 2. The number of nitrogens with zero attached hydrogens (tertiary/aromatic N) is 1. The van der Waals surface area contributed by atoms with Gasteiger partial charge in [-0.1, -0.05) is 6.07 Å². The number of methoxy groups -OCH3 is 2. The van der Waals surface area contributed by atoms with Crippen molar-refractivity contribution in [2.75, 3.05) is 20.8 Å². The van der Waals surface area contributed by atoms with Crippen LogP contribution in [0.2, 0.25) is 0 Å². The first kappa shape index (κ1) is 18.1. The average Bonchev–Trinajstić information content (AvgIpc) is 2.59. The Morgan fingerprint density at radius 1 is 1.21 bits per heavy atom. The van der Waals surface area contributed by atoms with Gasteiger partial charge in [-0.05, 0) is 43.9 Å². The van der Waals surface area contributed by atoms with Gasteiger partial charge in [0.25, 0.3) is 0 Å². The molecule has 2 atom stereocenters. The third-order valence-corrected chi connectivity index (χ3v) is 4.63. The van der Waals surface area contributed by atoms with Gasteiger partial charge in [0.15, 0.2) is 11.5 Å². The highest BCUT2D eigenvalue weighted by molar-refractivity contribution is 5.78. The summed E-state index contributed by atoms with van der Waals surface area (Å²) in [5, 5.41) is 9.18. The minimum absolute atomic E-state index is 0.00300. The molecule has 2 unspecified atom stereocenters. The summed E-state index contributed by atoms with van der Waals surface area (Å²) in [6.07, 6.45) is 2.31. The summed E-state index contributed by atoms with van der Waals surface area (Å²) in [4.78, 5) is 25.4. The SMILES string of the molecule is COc1ccc(CCC(=O)N2CC(C(=O)O)CCC2C)cc1OC. The number of carbonyl (C=O) groups is 2. The second-order valence-corrected chi connectivity index (χ2v) is 6.20. The fraction of sp³-hybridized carbons (Fsp3) is 0.556. The number of hydrogen-bond donors (Lipinski definition) is 1. The third-order valence-electron chi connectivity index (χ3n) is 4.63. The molecule has 1 saturated heterocycles. The molecule has 6 nitrogen and oxygen atoms in total. The van der Waals surface area contributed by atoms with Crippen molar-refractivity contribution in [1.82, 2.24) is 4.90 Å². The Kier molecular flexibility index (Phi) is 6.06. The van der Waals surface area contributed by atoms with Gasteiger partial charge in [0.1, 0.15) is 0 Å². The highest BCUT2D eigenvalue weighted by Crippen LogP contribution is 2.28. The van der Waals surface area contributed by atoms with Gasteiger partial charge in [0.2, 0.25) is 5.91 Å². The van der Waals surface area contributed by atoms with Gasteiger partial charge < -0.3 is 19.5 Å². The summed E-state index contributed by atoms with van der Waals surface area (Å²) in [5.74, 6) is 0.0234. The monoisotopic (exact) mass is 335 g/mol. The zero-order chi connectivity index (χ0) is 17.7. The van der Waals surface area contributed by atoms with E-state index in [9.17, 15) is 14.7 Å². The Morgan fingerprint density at radius 3 is 2.54 bits per heavy atom. The molecule has 0 saturated carbocycles. The predicted molar refractivity (Wildman–Crippen MR) is 89.4 cm³/mol. The van der Waals surface area contributed by atoms with Gasteiger partial charge in [-0.25, -0.2) is 0 Å². The number of rotatable bonds is 6. The Balaban J connectivity index is 1.98. The van der Waals surface area contributed by atoms with Gasteiger partial charge >= 0.3 is 5.97 Å². The number of hydrogen-bond acceptors (Lipinski definition) is 4. The van der Waals surface area contributed by atoms with Crippen LogP contribution >= 0.6 is 0 Å². The van der Waals surface area contributed by atoms with Gasteiger partial charge in [0.05, 0.1) is 20.1 Å². The van der Waals surface area contributed by atoms with Crippen LogP contribution in [-0.4, -0.2) is 48.7 Å².